The van der Waals surface area contributed by atoms with Gasteiger partial charge in [-0.3, -0.25) is 0 Å². The standard InChI is InChI=1S/C22H26N4OS/c1-18-6-3-4-7-19(18)16-26(14-5-13-25-15-12-23-17-25)22(28)24-20-8-10-21(27-2)11-9-20/h3-4,6-12,15,17H,5,13-14,16H2,1-2H3,(H,24,28). The van der Waals surface area contributed by atoms with Crippen molar-refractivity contribution in [2.75, 3.05) is 19.0 Å². The largest absolute Gasteiger partial charge is 0.497 e. The lowest BCUT2D eigenvalue weighted by atomic mass is 10.1. The van der Waals surface area contributed by atoms with Crippen LogP contribution in [0.2, 0.25) is 0 Å². The van der Waals surface area contributed by atoms with Crippen molar-refractivity contribution in [2.24, 2.45) is 0 Å². The molecule has 5 nitrogen and oxygen atoms in total. The Morgan fingerprint density at radius 3 is 2.64 bits per heavy atom. The van der Waals surface area contributed by atoms with Crippen LogP contribution < -0.4 is 10.1 Å². The molecule has 0 amide bonds. The molecule has 0 aliphatic heterocycles. The number of aryl methyl sites for hydroxylation is 2. The number of hydrogen-bond donors (Lipinski definition) is 1. The molecular weight excluding hydrogens is 368 g/mol. The van der Waals surface area contributed by atoms with E-state index < -0.39 is 0 Å². The second kappa shape index (κ2) is 9.90. The van der Waals surface area contributed by atoms with E-state index in [1.807, 2.05) is 36.8 Å². The fourth-order valence-electron chi connectivity index (χ4n) is 2.99. The minimum absolute atomic E-state index is 0.721. The molecule has 0 aliphatic rings. The first-order valence-electron chi connectivity index (χ1n) is 9.36. The maximum Gasteiger partial charge on any atom is 0.173 e. The normalized spacial score (nSPS) is 10.5. The summed E-state index contributed by atoms with van der Waals surface area (Å²) in [5.74, 6) is 0.827. The summed E-state index contributed by atoms with van der Waals surface area (Å²) >= 11 is 5.74. The monoisotopic (exact) mass is 394 g/mol. The third-order valence-corrected chi connectivity index (χ3v) is 5.01. The van der Waals surface area contributed by atoms with Crippen LogP contribution in [0.3, 0.4) is 0 Å². The fourth-order valence-corrected chi connectivity index (χ4v) is 3.26. The Hall–Kier alpha value is -2.86. The number of aromatic nitrogens is 2. The Morgan fingerprint density at radius 1 is 1.18 bits per heavy atom. The summed E-state index contributed by atoms with van der Waals surface area (Å²) < 4.78 is 7.31. The van der Waals surface area contributed by atoms with Gasteiger partial charge in [-0.05, 0) is 61.0 Å². The third-order valence-electron chi connectivity index (χ3n) is 4.65. The topological polar surface area (TPSA) is 42.3 Å². The van der Waals surface area contributed by atoms with Gasteiger partial charge < -0.3 is 19.5 Å². The summed E-state index contributed by atoms with van der Waals surface area (Å²) in [5, 5.41) is 4.08. The number of rotatable bonds is 8. The zero-order valence-corrected chi connectivity index (χ0v) is 17.2. The summed E-state index contributed by atoms with van der Waals surface area (Å²) in [5.41, 5.74) is 3.51. The molecule has 0 spiro atoms. The molecule has 6 heteroatoms. The maximum absolute atomic E-state index is 5.74. The number of imidazole rings is 1. The van der Waals surface area contributed by atoms with Crippen LogP contribution in [0.1, 0.15) is 17.5 Å². The molecule has 1 aromatic heterocycles. The van der Waals surface area contributed by atoms with Gasteiger partial charge in [0, 0.05) is 37.7 Å². The highest BCUT2D eigenvalue weighted by atomic mass is 32.1. The van der Waals surface area contributed by atoms with Crippen molar-refractivity contribution in [1.82, 2.24) is 14.5 Å². The van der Waals surface area contributed by atoms with Crippen molar-refractivity contribution in [3.05, 3.63) is 78.4 Å². The second-order valence-corrected chi connectivity index (χ2v) is 7.05. The predicted octanol–water partition coefficient (Wildman–Crippen LogP) is 4.49. The summed E-state index contributed by atoms with van der Waals surface area (Å²) in [4.78, 5) is 6.33. The third kappa shape index (κ3) is 5.57. The summed E-state index contributed by atoms with van der Waals surface area (Å²) in [7, 11) is 1.66. The average molecular weight is 395 g/mol. The molecule has 1 heterocycles. The van der Waals surface area contributed by atoms with Gasteiger partial charge in [-0.2, -0.15) is 0 Å². The molecule has 2 aromatic carbocycles. The molecule has 1 N–H and O–H groups in total. The van der Waals surface area contributed by atoms with Crippen molar-refractivity contribution < 1.29 is 4.74 Å². The lowest BCUT2D eigenvalue weighted by Crippen LogP contribution is -2.35. The Balaban J connectivity index is 1.67. The lowest BCUT2D eigenvalue weighted by Gasteiger charge is -2.27. The maximum atomic E-state index is 5.74. The number of anilines is 1. The van der Waals surface area contributed by atoms with Gasteiger partial charge in [-0.15, -0.1) is 0 Å². The van der Waals surface area contributed by atoms with Crippen LogP contribution in [0.4, 0.5) is 5.69 Å². The predicted molar refractivity (Wildman–Crippen MR) is 118 cm³/mol. The number of methoxy groups -OCH3 is 1. The quantitative estimate of drug-likeness (QED) is 0.570. The van der Waals surface area contributed by atoms with Crippen LogP contribution in [0, 0.1) is 6.92 Å². The van der Waals surface area contributed by atoms with Gasteiger partial charge in [-0.1, -0.05) is 24.3 Å². The first-order chi connectivity index (χ1) is 13.7. The lowest BCUT2D eigenvalue weighted by molar-refractivity contribution is 0.395. The molecule has 0 saturated heterocycles. The van der Waals surface area contributed by atoms with E-state index in [2.05, 4.69) is 51.0 Å². The number of benzene rings is 2. The van der Waals surface area contributed by atoms with E-state index in [-0.39, 0.29) is 0 Å². The van der Waals surface area contributed by atoms with Gasteiger partial charge in [-0.25, -0.2) is 4.98 Å². The van der Waals surface area contributed by atoms with Crippen LogP contribution >= 0.6 is 12.2 Å². The Labute approximate surface area is 172 Å². The molecule has 3 rings (SSSR count). The molecule has 0 bridgehead atoms. The van der Waals surface area contributed by atoms with E-state index in [9.17, 15) is 0 Å². The molecule has 0 fully saturated rings. The Morgan fingerprint density at radius 2 is 1.96 bits per heavy atom. The molecule has 0 unspecified atom stereocenters. The fraction of sp³-hybridized carbons (Fsp3) is 0.273. The summed E-state index contributed by atoms with van der Waals surface area (Å²) in [6.45, 7) is 4.68. The van der Waals surface area contributed by atoms with Crippen molar-refractivity contribution in [3.63, 3.8) is 0 Å². The molecule has 0 radical (unpaired) electrons. The number of ether oxygens (including phenoxy) is 1. The number of hydrogen-bond acceptors (Lipinski definition) is 3. The van der Waals surface area contributed by atoms with Crippen molar-refractivity contribution >= 4 is 23.0 Å². The zero-order chi connectivity index (χ0) is 19.8. The van der Waals surface area contributed by atoms with Crippen molar-refractivity contribution in [2.45, 2.75) is 26.4 Å². The minimum atomic E-state index is 0.721. The van der Waals surface area contributed by atoms with Gasteiger partial charge in [0.05, 0.1) is 13.4 Å². The summed E-state index contributed by atoms with van der Waals surface area (Å²) in [6.07, 6.45) is 6.62. The molecular formula is C22H26N4OS. The van der Waals surface area contributed by atoms with E-state index in [4.69, 9.17) is 17.0 Å². The van der Waals surface area contributed by atoms with E-state index in [0.717, 1.165) is 42.6 Å². The Bertz CT molecular complexity index is 878. The van der Waals surface area contributed by atoms with Crippen molar-refractivity contribution in [3.8, 4) is 5.75 Å². The highest BCUT2D eigenvalue weighted by Gasteiger charge is 2.12. The molecule has 0 saturated carbocycles. The van der Waals surface area contributed by atoms with Gasteiger partial charge in [0.25, 0.3) is 0 Å². The number of nitrogens with zero attached hydrogens (tertiary/aromatic N) is 3. The van der Waals surface area contributed by atoms with Crippen LogP contribution in [0.15, 0.2) is 67.3 Å². The van der Waals surface area contributed by atoms with Crippen LogP contribution in [-0.2, 0) is 13.1 Å². The van der Waals surface area contributed by atoms with Crippen molar-refractivity contribution in [1.29, 1.82) is 0 Å². The number of nitrogens with one attached hydrogen (secondary N) is 1. The van der Waals surface area contributed by atoms with E-state index >= 15 is 0 Å². The molecule has 3 aromatic rings. The molecule has 28 heavy (non-hydrogen) atoms. The van der Waals surface area contributed by atoms with Gasteiger partial charge in [0.1, 0.15) is 5.75 Å². The zero-order valence-electron chi connectivity index (χ0n) is 16.3. The number of thiocarbonyl (C=S) groups is 1. The SMILES string of the molecule is COc1ccc(NC(=S)N(CCCn2ccnc2)Cc2ccccc2C)cc1. The van der Waals surface area contributed by atoms with Gasteiger partial charge in [0.15, 0.2) is 5.11 Å². The van der Waals surface area contributed by atoms with Gasteiger partial charge >= 0.3 is 0 Å². The van der Waals surface area contributed by atoms with Crippen LogP contribution in [0.5, 0.6) is 5.75 Å². The van der Waals surface area contributed by atoms with E-state index in [0.29, 0.717) is 0 Å². The first-order valence-corrected chi connectivity index (χ1v) is 9.77. The van der Waals surface area contributed by atoms with Crippen LogP contribution in [0.25, 0.3) is 0 Å². The average Bonchev–Trinajstić information content (AvgIpc) is 3.23. The van der Waals surface area contributed by atoms with E-state index in [1.54, 1.807) is 13.3 Å². The molecule has 0 atom stereocenters. The minimum Gasteiger partial charge on any atom is -0.497 e. The van der Waals surface area contributed by atoms with Crippen LogP contribution in [-0.4, -0.2) is 33.2 Å². The second-order valence-electron chi connectivity index (χ2n) is 6.66. The Kier molecular flexibility index (Phi) is 7.03. The van der Waals surface area contributed by atoms with Gasteiger partial charge in [0.2, 0.25) is 0 Å². The first kappa shape index (κ1) is 19.9. The highest BCUT2D eigenvalue weighted by Crippen LogP contribution is 2.17. The van der Waals surface area contributed by atoms with E-state index in [1.165, 1.54) is 11.1 Å². The smallest absolute Gasteiger partial charge is 0.173 e. The molecule has 0 aliphatic carbocycles. The molecule has 146 valence electrons. The highest BCUT2D eigenvalue weighted by molar-refractivity contribution is 7.80. The summed E-state index contributed by atoms with van der Waals surface area (Å²) in [6, 6.07) is 16.2.